The molecular formula is C18H21BrN2. The van der Waals surface area contributed by atoms with Gasteiger partial charge >= 0.3 is 0 Å². The molecule has 21 heavy (non-hydrogen) atoms. The van der Waals surface area contributed by atoms with Crippen LogP contribution in [0.3, 0.4) is 0 Å². The summed E-state index contributed by atoms with van der Waals surface area (Å²) in [5.41, 5.74) is 4.30. The highest BCUT2D eigenvalue weighted by Crippen LogP contribution is 2.35. The fourth-order valence-electron chi connectivity index (χ4n) is 3.52. The first-order valence-electron chi connectivity index (χ1n) is 7.62. The van der Waals surface area contributed by atoms with Gasteiger partial charge in [-0.25, -0.2) is 0 Å². The first-order chi connectivity index (χ1) is 10.3. The van der Waals surface area contributed by atoms with Gasteiger partial charge in [-0.2, -0.15) is 0 Å². The Morgan fingerprint density at radius 1 is 1.29 bits per heavy atom. The number of hydrogen-bond donors (Lipinski definition) is 1. The Morgan fingerprint density at radius 3 is 2.95 bits per heavy atom. The largest absolute Gasteiger partial charge is 0.313 e. The molecule has 2 unspecified atom stereocenters. The lowest BCUT2D eigenvalue weighted by Crippen LogP contribution is -2.26. The van der Waals surface area contributed by atoms with Gasteiger partial charge in [-0.15, -0.1) is 0 Å². The second kappa shape index (κ2) is 6.71. The van der Waals surface area contributed by atoms with Crippen LogP contribution in [0.2, 0.25) is 0 Å². The summed E-state index contributed by atoms with van der Waals surface area (Å²) in [4.78, 5) is 4.30. The lowest BCUT2D eigenvalue weighted by molar-refractivity contribution is 0.358. The van der Waals surface area contributed by atoms with Gasteiger partial charge < -0.3 is 5.32 Å². The Hall–Kier alpha value is -1.19. The van der Waals surface area contributed by atoms with E-state index in [9.17, 15) is 0 Å². The zero-order valence-corrected chi connectivity index (χ0v) is 13.9. The zero-order chi connectivity index (χ0) is 14.7. The number of fused-ring (bicyclic) bond motifs is 1. The van der Waals surface area contributed by atoms with Crippen molar-refractivity contribution in [3.63, 3.8) is 0 Å². The Bertz CT molecular complexity index is 612. The molecule has 110 valence electrons. The van der Waals surface area contributed by atoms with E-state index in [0.717, 1.165) is 10.9 Å². The lowest BCUT2D eigenvalue weighted by Gasteiger charge is -2.26. The zero-order valence-electron chi connectivity index (χ0n) is 12.3. The van der Waals surface area contributed by atoms with Crippen LogP contribution in [0.5, 0.6) is 0 Å². The van der Waals surface area contributed by atoms with E-state index in [1.165, 1.54) is 36.0 Å². The SMILES string of the molecule is CNC1c2ccccc2CCCC1Cc1cncc(Br)c1. The predicted molar refractivity (Wildman–Crippen MR) is 90.3 cm³/mol. The summed E-state index contributed by atoms with van der Waals surface area (Å²) in [6, 6.07) is 11.5. The van der Waals surface area contributed by atoms with Crippen molar-refractivity contribution < 1.29 is 0 Å². The Morgan fingerprint density at radius 2 is 2.14 bits per heavy atom. The Balaban J connectivity index is 1.88. The van der Waals surface area contributed by atoms with E-state index in [-0.39, 0.29) is 0 Å². The number of hydrogen-bond acceptors (Lipinski definition) is 2. The number of halogens is 1. The molecule has 1 aromatic carbocycles. The molecule has 2 aromatic rings. The van der Waals surface area contributed by atoms with Gasteiger partial charge in [0.2, 0.25) is 0 Å². The minimum absolute atomic E-state index is 0.433. The molecule has 3 rings (SSSR count). The van der Waals surface area contributed by atoms with Crippen LogP contribution in [0.25, 0.3) is 0 Å². The Labute approximate surface area is 135 Å². The van der Waals surface area contributed by atoms with Gasteiger partial charge in [-0.1, -0.05) is 24.3 Å². The molecule has 0 spiro atoms. The second-order valence-corrected chi connectivity index (χ2v) is 6.75. The van der Waals surface area contributed by atoms with E-state index in [0.29, 0.717) is 12.0 Å². The van der Waals surface area contributed by atoms with E-state index in [1.54, 1.807) is 0 Å². The minimum atomic E-state index is 0.433. The summed E-state index contributed by atoms with van der Waals surface area (Å²) in [6.45, 7) is 0. The molecule has 0 amide bonds. The summed E-state index contributed by atoms with van der Waals surface area (Å²) in [6.07, 6.45) is 8.64. The van der Waals surface area contributed by atoms with Crippen LogP contribution in [0.15, 0.2) is 47.2 Å². The number of benzene rings is 1. The predicted octanol–water partition coefficient (Wildman–Crippen LogP) is 4.30. The van der Waals surface area contributed by atoms with E-state index in [4.69, 9.17) is 0 Å². The molecule has 1 aliphatic carbocycles. The first-order valence-corrected chi connectivity index (χ1v) is 8.41. The topological polar surface area (TPSA) is 24.9 Å². The monoisotopic (exact) mass is 344 g/mol. The highest BCUT2D eigenvalue weighted by atomic mass is 79.9. The third-order valence-corrected chi connectivity index (χ3v) is 4.89. The fraction of sp³-hybridized carbons (Fsp3) is 0.389. The summed E-state index contributed by atoms with van der Waals surface area (Å²) >= 11 is 3.52. The highest BCUT2D eigenvalue weighted by molar-refractivity contribution is 9.10. The summed E-state index contributed by atoms with van der Waals surface area (Å²) in [5, 5.41) is 3.55. The van der Waals surface area contributed by atoms with Crippen LogP contribution in [0, 0.1) is 5.92 Å². The molecule has 2 nitrogen and oxygen atoms in total. The van der Waals surface area contributed by atoms with Crippen molar-refractivity contribution in [1.29, 1.82) is 0 Å². The van der Waals surface area contributed by atoms with Crippen LogP contribution in [0.1, 0.15) is 35.6 Å². The third-order valence-electron chi connectivity index (χ3n) is 4.45. The van der Waals surface area contributed by atoms with Crippen molar-refractivity contribution in [2.75, 3.05) is 7.05 Å². The van der Waals surface area contributed by atoms with Crippen molar-refractivity contribution in [2.45, 2.75) is 31.7 Å². The first kappa shape index (κ1) is 14.7. The van der Waals surface area contributed by atoms with E-state index < -0.39 is 0 Å². The molecule has 0 fully saturated rings. The van der Waals surface area contributed by atoms with Crippen molar-refractivity contribution in [1.82, 2.24) is 10.3 Å². The van der Waals surface area contributed by atoms with Gasteiger partial charge in [-0.05, 0) is 77.3 Å². The number of nitrogens with zero attached hydrogens (tertiary/aromatic N) is 1. The van der Waals surface area contributed by atoms with Gasteiger partial charge in [0.1, 0.15) is 0 Å². The standard InChI is InChI=1S/C18H21BrN2/c1-20-18-15(9-13-10-16(19)12-21-11-13)7-4-6-14-5-2-3-8-17(14)18/h2-3,5,8,10-12,15,18,20H,4,6-7,9H2,1H3. The Kier molecular flexibility index (Phi) is 4.71. The molecule has 1 N–H and O–H groups in total. The van der Waals surface area contributed by atoms with Crippen LogP contribution >= 0.6 is 15.9 Å². The van der Waals surface area contributed by atoms with Crippen LogP contribution < -0.4 is 5.32 Å². The maximum absolute atomic E-state index is 4.30. The van der Waals surface area contributed by atoms with Crippen LogP contribution in [0.4, 0.5) is 0 Å². The number of aromatic nitrogens is 1. The van der Waals surface area contributed by atoms with Gasteiger partial charge in [0, 0.05) is 22.9 Å². The molecule has 0 saturated heterocycles. The van der Waals surface area contributed by atoms with Gasteiger partial charge in [0.15, 0.2) is 0 Å². The summed E-state index contributed by atoms with van der Waals surface area (Å²) in [7, 11) is 2.08. The molecule has 0 aliphatic heterocycles. The van der Waals surface area contributed by atoms with Crippen LogP contribution in [-0.2, 0) is 12.8 Å². The minimum Gasteiger partial charge on any atom is -0.313 e. The third kappa shape index (κ3) is 3.35. The fourth-order valence-corrected chi connectivity index (χ4v) is 3.93. The molecular weight excluding hydrogens is 324 g/mol. The van der Waals surface area contributed by atoms with Crippen molar-refractivity contribution in [3.05, 3.63) is 63.9 Å². The molecule has 3 heteroatoms. The molecule has 0 radical (unpaired) electrons. The van der Waals surface area contributed by atoms with Gasteiger partial charge in [0.25, 0.3) is 0 Å². The molecule has 0 bridgehead atoms. The number of nitrogens with one attached hydrogen (secondary N) is 1. The summed E-state index contributed by atoms with van der Waals surface area (Å²) in [5.74, 6) is 0.620. The van der Waals surface area contributed by atoms with E-state index in [1.807, 2.05) is 12.4 Å². The molecule has 0 saturated carbocycles. The quantitative estimate of drug-likeness (QED) is 0.839. The summed E-state index contributed by atoms with van der Waals surface area (Å²) < 4.78 is 1.06. The lowest BCUT2D eigenvalue weighted by atomic mass is 9.86. The van der Waals surface area contributed by atoms with E-state index >= 15 is 0 Å². The van der Waals surface area contributed by atoms with Crippen LogP contribution in [-0.4, -0.2) is 12.0 Å². The normalized spacial score (nSPS) is 21.6. The second-order valence-electron chi connectivity index (χ2n) is 5.83. The van der Waals surface area contributed by atoms with Gasteiger partial charge in [0.05, 0.1) is 0 Å². The molecule has 1 aliphatic rings. The van der Waals surface area contributed by atoms with Crippen molar-refractivity contribution in [3.8, 4) is 0 Å². The number of aryl methyl sites for hydroxylation is 1. The molecule has 1 aromatic heterocycles. The van der Waals surface area contributed by atoms with Crippen molar-refractivity contribution >= 4 is 15.9 Å². The average molecular weight is 345 g/mol. The highest BCUT2D eigenvalue weighted by Gasteiger charge is 2.26. The van der Waals surface area contributed by atoms with Crippen molar-refractivity contribution in [2.24, 2.45) is 5.92 Å². The molecule has 1 heterocycles. The van der Waals surface area contributed by atoms with Gasteiger partial charge in [-0.3, -0.25) is 4.98 Å². The number of pyridine rings is 1. The van der Waals surface area contributed by atoms with E-state index in [2.05, 4.69) is 63.6 Å². The maximum atomic E-state index is 4.30. The maximum Gasteiger partial charge on any atom is 0.0410 e. The molecule has 2 atom stereocenters. The average Bonchev–Trinajstić information content (AvgIpc) is 2.66. The smallest absolute Gasteiger partial charge is 0.0410 e. The number of rotatable bonds is 3.